The molecule has 0 spiro atoms. The van der Waals surface area contributed by atoms with Crippen LogP contribution in [0.25, 0.3) is 0 Å². The summed E-state index contributed by atoms with van der Waals surface area (Å²) in [5.74, 6) is 0.181. The Hall–Kier alpha value is -1.42. The van der Waals surface area contributed by atoms with E-state index in [4.69, 9.17) is 4.74 Å². The third-order valence-corrected chi connectivity index (χ3v) is 8.86. The van der Waals surface area contributed by atoms with Crippen molar-refractivity contribution in [3.8, 4) is 0 Å². The van der Waals surface area contributed by atoms with Crippen molar-refractivity contribution in [2.24, 2.45) is 5.92 Å². The second-order valence-electron chi connectivity index (χ2n) is 7.77. The number of amides is 2. The Labute approximate surface area is 192 Å². The van der Waals surface area contributed by atoms with Gasteiger partial charge < -0.3 is 15.4 Å². The number of carbonyl (C=O) groups excluding carboxylic acids is 2. The van der Waals surface area contributed by atoms with E-state index in [1.807, 2.05) is 0 Å². The van der Waals surface area contributed by atoms with E-state index in [0.29, 0.717) is 29.6 Å². The first-order chi connectivity index (χ1) is 14.5. The third kappa shape index (κ3) is 4.44. The van der Waals surface area contributed by atoms with Crippen LogP contribution in [0.1, 0.15) is 57.1 Å². The number of rotatable bonds is 5. The minimum absolute atomic E-state index is 0.298. The number of hydrogen-bond acceptors (Lipinski definition) is 6. The van der Waals surface area contributed by atoms with Gasteiger partial charge >= 0.3 is 12.0 Å². The van der Waals surface area contributed by atoms with Gasteiger partial charge in [0.2, 0.25) is 0 Å². The van der Waals surface area contributed by atoms with Crippen LogP contribution in [0.15, 0.2) is 3.79 Å². The van der Waals surface area contributed by atoms with Gasteiger partial charge in [0.1, 0.15) is 5.00 Å². The summed E-state index contributed by atoms with van der Waals surface area (Å²) in [4.78, 5) is 27.9. The lowest BCUT2D eigenvalue weighted by Crippen LogP contribution is -2.29. The molecule has 0 radical (unpaired) electrons. The molecule has 4 rings (SSSR count). The van der Waals surface area contributed by atoms with Crippen LogP contribution in [0, 0.1) is 5.92 Å². The van der Waals surface area contributed by atoms with Crippen molar-refractivity contribution in [3.63, 3.8) is 0 Å². The fourth-order valence-electron chi connectivity index (χ4n) is 4.12. The Kier molecular flexibility index (Phi) is 6.81. The molecule has 3 N–H and O–H groups in total. The summed E-state index contributed by atoms with van der Waals surface area (Å²) >= 11 is 6.88. The Balaban J connectivity index is 1.49. The predicted octanol–water partition coefficient (Wildman–Crippen LogP) is 4.84. The molecule has 162 valence electrons. The molecule has 0 aromatic carbocycles. The molecule has 2 aromatic heterocycles. The SMILES string of the molecule is CCOC(=O)c1c(NC(=O)NCc2c(Br)sc3c2CCNC3)sc2c1CC(C)CC2. The molecule has 1 unspecified atom stereocenters. The Morgan fingerprint density at radius 3 is 2.87 bits per heavy atom. The van der Waals surface area contributed by atoms with Crippen LogP contribution >= 0.6 is 38.6 Å². The van der Waals surface area contributed by atoms with E-state index in [1.165, 1.54) is 26.7 Å². The normalized spacial score (nSPS) is 17.8. The van der Waals surface area contributed by atoms with Crippen molar-refractivity contribution in [2.45, 2.75) is 52.6 Å². The number of aryl methyl sites for hydroxylation is 1. The van der Waals surface area contributed by atoms with Crippen LogP contribution in [-0.2, 0) is 37.1 Å². The van der Waals surface area contributed by atoms with Crippen LogP contribution in [0.5, 0.6) is 0 Å². The van der Waals surface area contributed by atoms with E-state index in [9.17, 15) is 9.59 Å². The quantitative estimate of drug-likeness (QED) is 0.501. The Bertz CT molecular complexity index is 969. The van der Waals surface area contributed by atoms with E-state index >= 15 is 0 Å². The number of ether oxygens (including phenoxy) is 1. The predicted molar refractivity (Wildman–Crippen MR) is 125 cm³/mol. The van der Waals surface area contributed by atoms with Crippen LogP contribution in [0.2, 0.25) is 0 Å². The summed E-state index contributed by atoms with van der Waals surface area (Å²) in [6.07, 6.45) is 3.87. The molecule has 9 heteroatoms. The minimum atomic E-state index is -0.346. The van der Waals surface area contributed by atoms with Gasteiger partial charge in [-0.2, -0.15) is 0 Å². The molecule has 6 nitrogen and oxygen atoms in total. The summed E-state index contributed by atoms with van der Waals surface area (Å²) in [5.41, 5.74) is 4.07. The minimum Gasteiger partial charge on any atom is -0.462 e. The maximum atomic E-state index is 12.7. The summed E-state index contributed by atoms with van der Waals surface area (Å²) in [7, 11) is 0. The Morgan fingerprint density at radius 2 is 2.07 bits per heavy atom. The molecule has 2 aliphatic rings. The molecule has 1 aliphatic heterocycles. The van der Waals surface area contributed by atoms with Crippen molar-refractivity contribution in [1.29, 1.82) is 0 Å². The highest BCUT2D eigenvalue weighted by atomic mass is 79.9. The maximum absolute atomic E-state index is 12.7. The van der Waals surface area contributed by atoms with Gasteiger partial charge in [0, 0.05) is 22.8 Å². The third-order valence-electron chi connectivity index (χ3n) is 5.63. The van der Waals surface area contributed by atoms with Crippen molar-refractivity contribution in [3.05, 3.63) is 35.8 Å². The topological polar surface area (TPSA) is 79.5 Å². The average molecular weight is 512 g/mol. The Morgan fingerprint density at radius 1 is 1.23 bits per heavy atom. The van der Waals surface area contributed by atoms with Crippen molar-refractivity contribution >= 4 is 55.6 Å². The molecule has 0 fully saturated rings. The highest BCUT2D eigenvalue weighted by Crippen LogP contribution is 2.40. The monoisotopic (exact) mass is 511 g/mol. The van der Waals surface area contributed by atoms with E-state index in [0.717, 1.165) is 53.7 Å². The number of fused-ring (bicyclic) bond motifs is 2. The second-order valence-corrected chi connectivity index (χ2v) is 11.3. The number of esters is 1. The molecule has 0 saturated carbocycles. The van der Waals surface area contributed by atoms with E-state index in [1.54, 1.807) is 18.3 Å². The number of urea groups is 1. The lowest BCUT2D eigenvalue weighted by Gasteiger charge is -2.18. The lowest BCUT2D eigenvalue weighted by atomic mass is 9.88. The zero-order valence-electron chi connectivity index (χ0n) is 17.2. The zero-order valence-corrected chi connectivity index (χ0v) is 20.4. The molecule has 2 amide bonds. The van der Waals surface area contributed by atoms with Gasteiger partial charge in [0.25, 0.3) is 0 Å². The van der Waals surface area contributed by atoms with Gasteiger partial charge in [-0.05, 0) is 77.7 Å². The van der Waals surface area contributed by atoms with E-state index in [2.05, 4.69) is 38.8 Å². The van der Waals surface area contributed by atoms with Crippen molar-refractivity contribution in [1.82, 2.24) is 10.6 Å². The number of anilines is 1. The first-order valence-corrected chi connectivity index (χ1v) is 12.8. The van der Waals surface area contributed by atoms with Crippen LogP contribution < -0.4 is 16.0 Å². The molecule has 1 atom stereocenters. The van der Waals surface area contributed by atoms with Gasteiger partial charge in [-0.3, -0.25) is 5.32 Å². The summed E-state index contributed by atoms with van der Waals surface area (Å²) < 4.78 is 6.37. The number of carbonyl (C=O) groups is 2. The maximum Gasteiger partial charge on any atom is 0.341 e. The standard InChI is InChI=1S/C21H26BrN3O3S2/c1-3-28-20(26)17-13-8-11(2)4-5-15(13)30-19(17)25-21(27)24-9-14-12-6-7-23-10-16(12)29-18(14)22/h11,23H,3-10H2,1-2H3,(H2,24,25,27). The van der Waals surface area contributed by atoms with Crippen LogP contribution in [0.4, 0.5) is 9.80 Å². The molecule has 30 heavy (non-hydrogen) atoms. The second kappa shape index (κ2) is 9.38. The fraction of sp³-hybridized carbons (Fsp3) is 0.524. The molecule has 2 aromatic rings. The fourth-order valence-corrected chi connectivity index (χ4v) is 7.37. The molecule has 0 bridgehead atoms. The number of thiophene rings is 2. The van der Waals surface area contributed by atoms with Gasteiger partial charge in [-0.1, -0.05) is 6.92 Å². The number of hydrogen-bond donors (Lipinski definition) is 3. The molecule has 1 aliphatic carbocycles. The smallest absolute Gasteiger partial charge is 0.341 e. The average Bonchev–Trinajstić information content (AvgIpc) is 3.22. The van der Waals surface area contributed by atoms with Crippen LogP contribution in [-0.4, -0.2) is 25.2 Å². The first-order valence-electron chi connectivity index (χ1n) is 10.3. The lowest BCUT2D eigenvalue weighted by molar-refractivity contribution is 0.0526. The highest BCUT2D eigenvalue weighted by Gasteiger charge is 2.29. The first kappa shape index (κ1) is 21.8. The zero-order chi connectivity index (χ0) is 21.3. The van der Waals surface area contributed by atoms with Crippen molar-refractivity contribution < 1.29 is 14.3 Å². The molecule has 0 saturated heterocycles. The summed E-state index contributed by atoms with van der Waals surface area (Å²) in [6.45, 7) is 6.61. The largest absolute Gasteiger partial charge is 0.462 e. The van der Waals surface area contributed by atoms with E-state index in [-0.39, 0.29) is 12.0 Å². The number of nitrogens with one attached hydrogen (secondary N) is 3. The van der Waals surface area contributed by atoms with Crippen molar-refractivity contribution in [2.75, 3.05) is 18.5 Å². The van der Waals surface area contributed by atoms with Crippen LogP contribution in [0.3, 0.4) is 0 Å². The molecular formula is C21H26BrN3O3S2. The molecule has 3 heterocycles. The summed E-state index contributed by atoms with van der Waals surface area (Å²) in [6, 6.07) is -0.298. The van der Waals surface area contributed by atoms with Gasteiger partial charge in [0.05, 0.1) is 16.0 Å². The van der Waals surface area contributed by atoms with E-state index < -0.39 is 0 Å². The number of halogens is 1. The highest BCUT2D eigenvalue weighted by molar-refractivity contribution is 9.11. The van der Waals surface area contributed by atoms with Gasteiger partial charge in [-0.25, -0.2) is 9.59 Å². The van der Waals surface area contributed by atoms with Gasteiger partial charge in [0.15, 0.2) is 0 Å². The summed E-state index contributed by atoms with van der Waals surface area (Å²) in [5, 5.41) is 9.88. The molecular weight excluding hydrogens is 486 g/mol. The van der Waals surface area contributed by atoms with Gasteiger partial charge in [-0.15, -0.1) is 22.7 Å².